The largest absolute Gasteiger partial charge is 0.455 e. The fraction of sp³-hybridized carbons (Fsp3) is 0.0286. The molecule has 1 aromatic heterocycles. The summed E-state index contributed by atoms with van der Waals surface area (Å²) in [6, 6.07) is 34.0. The van der Waals surface area contributed by atoms with Crippen molar-refractivity contribution in [1.82, 2.24) is 0 Å². The second-order valence-electron chi connectivity index (χ2n) is 10.5. The Bertz CT molecular complexity index is 2230. The molecule has 0 atom stereocenters. The lowest BCUT2D eigenvalue weighted by molar-refractivity contribution is 0.666. The van der Waals surface area contributed by atoms with Crippen LogP contribution in [0.5, 0.6) is 0 Å². The van der Waals surface area contributed by atoms with E-state index in [9.17, 15) is 0 Å². The molecule has 0 amide bonds. The van der Waals surface area contributed by atoms with Gasteiger partial charge in [0, 0.05) is 25.3 Å². The van der Waals surface area contributed by atoms with Crippen LogP contribution in [-0.4, -0.2) is 0 Å². The molecule has 0 saturated carbocycles. The van der Waals surface area contributed by atoms with Crippen molar-refractivity contribution in [3.8, 4) is 22.3 Å². The molecule has 2 aliphatic rings. The molecule has 5 heteroatoms. The zero-order chi connectivity index (χ0) is 26.9. The number of furan rings is 1. The molecule has 0 fully saturated rings. The third kappa shape index (κ3) is 2.75. The van der Waals surface area contributed by atoms with Crippen LogP contribution in [-0.2, 0) is 5.41 Å². The highest BCUT2D eigenvalue weighted by atomic mass is 79.9. The Hall–Kier alpha value is -3.08. The summed E-state index contributed by atoms with van der Waals surface area (Å²) < 4.78 is 8.47. The normalized spacial score (nSPS) is 14.2. The molecule has 0 bridgehead atoms. The minimum Gasteiger partial charge on any atom is -0.455 e. The van der Waals surface area contributed by atoms with E-state index in [-0.39, 0.29) is 0 Å². The molecular weight excluding hydrogens is 667 g/mol. The number of hydrogen-bond donors (Lipinski definition) is 0. The van der Waals surface area contributed by atoms with Crippen LogP contribution in [0, 0.1) is 0 Å². The van der Waals surface area contributed by atoms with Gasteiger partial charge in [-0.3, -0.25) is 0 Å². The first-order valence-electron chi connectivity index (χ1n) is 12.9. The maximum Gasteiger partial charge on any atom is 0.150 e. The number of para-hydroxylation sites is 1. The van der Waals surface area contributed by atoms with Crippen LogP contribution < -0.4 is 0 Å². The average Bonchev–Trinajstić information content (AvgIpc) is 3.57. The van der Waals surface area contributed by atoms with Gasteiger partial charge in [0.05, 0.1) is 9.89 Å². The second-order valence-corrected chi connectivity index (χ2v) is 13.1. The SMILES string of the molecule is Clc1ccc2c(c1)C1(c3cc(Cl)ccc3-2)c2cc(Br)c3ccccc3c2-c2c1cc(Br)c1oc3ccccc3c21. The molecule has 1 nitrogen and oxygen atoms in total. The zero-order valence-electron chi connectivity index (χ0n) is 20.7. The minimum atomic E-state index is -0.618. The Balaban J connectivity index is 1.62. The summed E-state index contributed by atoms with van der Waals surface area (Å²) in [5.74, 6) is 0. The Morgan fingerprint density at radius 1 is 0.550 bits per heavy atom. The first-order valence-corrected chi connectivity index (χ1v) is 15.3. The smallest absolute Gasteiger partial charge is 0.150 e. The highest BCUT2D eigenvalue weighted by molar-refractivity contribution is 9.11. The molecule has 2 aliphatic carbocycles. The van der Waals surface area contributed by atoms with Crippen LogP contribution in [0.25, 0.3) is 55.0 Å². The van der Waals surface area contributed by atoms with Gasteiger partial charge in [-0.1, -0.05) is 93.7 Å². The van der Waals surface area contributed by atoms with E-state index in [2.05, 4.69) is 105 Å². The number of benzene rings is 6. The topological polar surface area (TPSA) is 13.1 Å². The Morgan fingerprint density at radius 2 is 1.12 bits per heavy atom. The van der Waals surface area contributed by atoms with Crippen LogP contribution in [0.1, 0.15) is 22.3 Å². The van der Waals surface area contributed by atoms with Crippen molar-refractivity contribution < 1.29 is 4.42 Å². The van der Waals surface area contributed by atoms with Gasteiger partial charge in [0.2, 0.25) is 0 Å². The molecular formula is C35H16Br2Cl2O. The van der Waals surface area contributed by atoms with Crippen LogP contribution in [0.15, 0.2) is 110 Å². The lowest BCUT2D eigenvalue weighted by Gasteiger charge is -2.31. The minimum absolute atomic E-state index is 0.618. The maximum absolute atomic E-state index is 6.77. The van der Waals surface area contributed by atoms with Crippen LogP contribution in [0.4, 0.5) is 0 Å². The number of halogens is 4. The van der Waals surface area contributed by atoms with E-state index in [1.165, 1.54) is 55.3 Å². The molecule has 6 aromatic carbocycles. The predicted molar refractivity (Wildman–Crippen MR) is 173 cm³/mol. The van der Waals surface area contributed by atoms with Gasteiger partial charge >= 0.3 is 0 Å². The Morgan fingerprint density at radius 3 is 1.82 bits per heavy atom. The van der Waals surface area contributed by atoms with Crippen molar-refractivity contribution in [3.05, 3.63) is 138 Å². The van der Waals surface area contributed by atoms with Gasteiger partial charge in [-0.15, -0.1) is 0 Å². The first kappa shape index (κ1) is 23.6. The summed E-state index contributed by atoms with van der Waals surface area (Å²) in [5.41, 5.74) is 10.6. The van der Waals surface area contributed by atoms with Crippen molar-refractivity contribution in [2.75, 3.05) is 0 Å². The van der Waals surface area contributed by atoms with E-state index >= 15 is 0 Å². The summed E-state index contributed by atoms with van der Waals surface area (Å²) in [7, 11) is 0. The van der Waals surface area contributed by atoms with Crippen LogP contribution in [0.2, 0.25) is 10.0 Å². The maximum atomic E-state index is 6.77. The number of fused-ring (bicyclic) bond motifs is 16. The monoisotopic (exact) mass is 680 g/mol. The van der Waals surface area contributed by atoms with E-state index in [0.717, 1.165) is 30.9 Å². The average molecular weight is 683 g/mol. The highest BCUT2D eigenvalue weighted by Crippen LogP contribution is 2.66. The molecule has 0 N–H and O–H groups in total. The van der Waals surface area contributed by atoms with Crippen LogP contribution in [0.3, 0.4) is 0 Å². The van der Waals surface area contributed by atoms with Crippen molar-refractivity contribution in [1.29, 1.82) is 0 Å². The second kappa shape index (κ2) is 8.02. The summed E-state index contributed by atoms with van der Waals surface area (Å²) in [6.07, 6.45) is 0. The third-order valence-electron chi connectivity index (χ3n) is 8.72. The van der Waals surface area contributed by atoms with E-state index in [4.69, 9.17) is 27.6 Å². The molecule has 1 heterocycles. The van der Waals surface area contributed by atoms with E-state index in [1.807, 2.05) is 24.3 Å². The van der Waals surface area contributed by atoms with Gasteiger partial charge in [-0.2, -0.15) is 0 Å². The lowest BCUT2D eigenvalue weighted by Crippen LogP contribution is -2.26. The number of rotatable bonds is 0. The van der Waals surface area contributed by atoms with Crippen molar-refractivity contribution >= 4 is 87.8 Å². The molecule has 1 spiro atoms. The predicted octanol–water partition coefficient (Wildman–Crippen LogP) is 11.9. The van der Waals surface area contributed by atoms with Gasteiger partial charge in [0.25, 0.3) is 0 Å². The van der Waals surface area contributed by atoms with Gasteiger partial charge in [-0.25, -0.2) is 0 Å². The molecule has 40 heavy (non-hydrogen) atoms. The van der Waals surface area contributed by atoms with E-state index in [1.54, 1.807) is 0 Å². The quantitative estimate of drug-likeness (QED) is 0.155. The molecule has 0 aliphatic heterocycles. The van der Waals surface area contributed by atoms with Gasteiger partial charge in [-0.05, 0) is 114 Å². The first-order chi connectivity index (χ1) is 19.5. The molecule has 7 aromatic rings. The van der Waals surface area contributed by atoms with Crippen molar-refractivity contribution in [3.63, 3.8) is 0 Å². The highest BCUT2D eigenvalue weighted by Gasteiger charge is 2.53. The van der Waals surface area contributed by atoms with E-state index in [0.29, 0.717) is 10.0 Å². The zero-order valence-corrected chi connectivity index (χ0v) is 25.3. The Kier molecular flexibility index (Phi) is 4.73. The summed E-state index contributed by atoms with van der Waals surface area (Å²) in [5, 5.41) is 5.99. The molecule has 9 rings (SSSR count). The van der Waals surface area contributed by atoms with Gasteiger partial charge in [0.1, 0.15) is 11.2 Å². The molecule has 190 valence electrons. The van der Waals surface area contributed by atoms with Crippen molar-refractivity contribution in [2.45, 2.75) is 5.41 Å². The van der Waals surface area contributed by atoms with Crippen molar-refractivity contribution in [2.24, 2.45) is 0 Å². The third-order valence-corrected chi connectivity index (χ3v) is 10.4. The standard InChI is InChI=1S/C35H16Br2Cl2O/c36-28-15-26-31(22-6-2-1-5-21(22)28)33-27(16-29(37)34-32(33)23-7-3-4-8-30(23)40-34)35(26)24-13-17(38)9-11-19(24)20-12-10-18(39)14-25(20)35/h1-16H. The van der Waals surface area contributed by atoms with Gasteiger partial charge < -0.3 is 4.42 Å². The summed E-state index contributed by atoms with van der Waals surface area (Å²) >= 11 is 21.4. The summed E-state index contributed by atoms with van der Waals surface area (Å²) in [6.45, 7) is 0. The van der Waals surface area contributed by atoms with Crippen LogP contribution >= 0.6 is 55.1 Å². The van der Waals surface area contributed by atoms with E-state index < -0.39 is 5.41 Å². The fourth-order valence-corrected chi connectivity index (χ4v) is 8.73. The summed E-state index contributed by atoms with van der Waals surface area (Å²) in [4.78, 5) is 0. The lowest BCUT2D eigenvalue weighted by atomic mass is 9.70. The fourth-order valence-electron chi connectivity index (χ4n) is 7.31. The molecule has 0 unspecified atom stereocenters. The molecule has 0 saturated heterocycles. The molecule has 0 radical (unpaired) electrons. The Labute approximate surface area is 256 Å². The number of hydrogen-bond acceptors (Lipinski definition) is 1. The van der Waals surface area contributed by atoms with Gasteiger partial charge in [0.15, 0.2) is 0 Å².